The number of carbonyl (C=O) groups is 4. The fourth-order valence-electron chi connectivity index (χ4n) is 1.48. The second-order valence-corrected chi connectivity index (χ2v) is 4.52. The van der Waals surface area contributed by atoms with Crippen LogP contribution in [0.15, 0.2) is 0 Å². The van der Waals surface area contributed by atoms with Crippen molar-refractivity contribution in [2.24, 2.45) is 0 Å². The predicted octanol–water partition coefficient (Wildman–Crippen LogP) is 0.756. The molecule has 0 amide bonds. The van der Waals surface area contributed by atoms with Gasteiger partial charge in [0.05, 0.1) is 14.2 Å². The number of hydrogen-bond donors (Lipinski definition) is 0. The monoisotopic (exact) mass is 318 g/mol. The van der Waals surface area contributed by atoms with E-state index in [0.717, 1.165) is 0 Å². The molecule has 0 bridgehead atoms. The molecule has 0 rings (SSSR count). The predicted molar refractivity (Wildman–Crippen MR) is 73.6 cm³/mol. The third-order valence-corrected chi connectivity index (χ3v) is 2.69. The van der Waals surface area contributed by atoms with Gasteiger partial charge in [0.15, 0.2) is 12.2 Å². The van der Waals surface area contributed by atoms with Crippen LogP contribution in [0.4, 0.5) is 0 Å². The summed E-state index contributed by atoms with van der Waals surface area (Å²) in [6, 6.07) is 0. The summed E-state index contributed by atoms with van der Waals surface area (Å²) in [7, 11) is 2.40. The first-order chi connectivity index (χ1) is 10.3. The Morgan fingerprint density at radius 3 is 1.32 bits per heavy atom. The van der Waals surface area contributed by atoms with Crippen molar-refractivity contribution in [1.29, 1.82) is 0 Å². The van der Waals surface area contributed by atoms with Crippen LogP contribution in [0, 0.1) is 0 Å². The highest BCUT2D eigenvalue weighted by atomic mass is 16.6. The summed E-state index contributed by atoms with van der Waals surface area (Å²) < 4.78 is 18.5. The van der Waals surface area contributed by atoms with E-state index in [0.29, 0.717) is 12.8 Å². The Bertz CT molecular complexity index is 366. The Morgan fingerprint density at radius 1 is 0.727 bits per heavy atom. The van der Waals surface area contributed by atoms with Crippen LogP contribution in [0.3, 0.4) is 0 Å². The van der Waals surface area contributed by atoms with Gasteiger partial charge in [0, 0.05) is 12.8 Å². The molecule has 0 aliphatic carbocycles. The van der Waals surface area contributed by atoms with Crippen molar-refractivity contribution in [2.75, 3.05) is 14.2 Å². The van der Waals surface area contributed by atoms with Crippen molar-refractivity contribution in [3.05, 3.63) is 0 Å². The van der Waals surface area contributed by atoms with Gasteiger partial charge in [-0.15, -0.1) is 0 Å². The minimum atomic E-state index is -0.955. The normalized spacial score (nSPS) is 12.7. The zero-order chi connectivity index (χ0) is 17.1. The van der Waals surface area contributed by atoms with E-state index in [4.69, 9.17) is 9.47 Å². The highest BCUT2D eigenvalue weighted by Gasteiger charge is 2.19. The van der Waals surface area contributed by atoms with Gasteiger partial charge in [-0.25, -0.2) is 9.59 Å². The lowest BCUT2D eigenvalue weighted by atomic mass is 10.2. The molecule has 0 aromatic rings. The van der Waals surface area contributed by atoms with E-state index in [9.17, 15) is 19.2 Å². The lowest BCUT2D eigenvalue weighted by molar-refractivity contribution is -0.165. The van der Waals surface area contributed by atoms with Crippen LogP contribution in [0.25, 0.3) is 0 Å². The number of hydrogen-bond acceptors (Lipinski definition) is 8. The lowest BCUT2D eigenvalue weighted by Crippen LogP contribution is -2.25. The average Bonchev–Trinajstić information content (AvgIpc) is 2.49. The van der Waals surface area contributed by atoms with E-state index < -0.39 is 36.1 Å². The number of rotatable bonds is 9. The van der Waals surface area contributed by atoms with Gasteiger partial charge in [0.1, 0.15) is 0 Å². The molecule has 0 aliphatic heterocycles. The Labute approximate surface area is 129 Å². The fourth-order valence-corrected chi connectivity index (χ4v) is 1.48. The van der Waals surface area contributed by atoms with Gasteiger partial charge in [0.2, 0.25) is 0 Å². The fraction of sp³-hybridized carbons (Fsp3) is 0.714. The van der Waals surface area contributed by atoms with E-state index in [-0.39, 0.29) is 12.8 Å². The molecule has 0 saturated heterocycles. The number of carbonyl (C=O) groups excluding carboxylic acids is 4. The molecule has 0 aromatic carbocycles. The van der Waals surface area contributed by atoms with E-state index in [1.807, 2.05) is 0 Å². The maximum absolute atomic E-state index is 11.4. The summed E-state index contributed by atoms with van der Waals surface area (Å²) >= 11 is 0. The summed E-state index contributed by atoms with van der Waals surface area (Å²) in [4.78, 5) is 44.9. The molecule has 8 heteroatoms. The minimum absolute atomic E-state index is 0.0706. The van der Waals surface area contributed by atoms with Gasteiger partial charge in [-0.2, -0.15) is 0 Å². The minimum Gasteiger partial charge on any atom is -0.466 e. The van der Waals surface area contributed by atoms with Gasteiger partial charge in [0.25, 0.3) is 0 Å². The van der Waals surface area contributed by atoms with Gasteiger partial charge in [-0.3, -0.25) is 9.59 Å². The first-order valence-corrected chi connectivity index (χ1v) is 6.86. The van der Waals surface area contributed by atoms with Gasteiger partial charge >= 0.3 is 23.9 Å². The van der Waals surface area contributed by atoms with Crippen molar-refractivity contribution < 1.29 is 38.1 Å². The van der Waals surface area contributed by atoms with Crippen molar-refractivity contribution >= 4 is 23.9 Å². The lowest BCUT2D eigenvalue weighted by Gasteiger charge is -2.11. The zero-order valence-electron chi connectivity index (χ0n) is 13.2. The topological polar surface area (TPSA) is 105 Å². The van der Waals surface area contributed by atoms with E-state index in [2.05, 4.69) is 9.47 Å². The third-order valence-electron chi connectivity index (χ3n) is 2.69. The SMILES string of the molecule is COC(=O)C(C)OC(=O)CCCCC(=O)OC(C)C(=O)OC. The maximum Gasteiger partial charge on any atom is 0.346 e. The average molecular weight is 318 g/mol. The number of esters is 4. The molecular weight excluding hydrogens is 296 g/mol. The molecule has 0 heterocycles. The molecule has 0 saturated carbocycles. The second-order valence-electron chi connectivity index (χ2n) is 4.52. The highest BCUT2D eigenvalue weighted by Crippen LogP contribution is 2.06. The summed E-state index contributed by atoms with van der Waals surface area (Å²) in [5, 5.41) is 0. The van der Waals surface area contributed by atoms with Crippen molar-refractivity contribution in [3.63, 3.8) is 0 Å². The van der Waals surface area contributed by atoms with Crippen LogP contribution >= 0.6 is 0 Å². The summed E-state index contributed by atoms with van der Waals surface area (Å²) in [6.07, 6.45) is -0.975. The van der Waals surface area contributed by atoms with Crippen LogP contribution in [0.2, 0.25) is 0 Å². The first-order valence-electron chi connectivity index (χ1n) is 6.86. The van der Waals surface area contributed by atoms with E-state index in [1.54, 1.807) is 0 Å². The van der Waals surface area contributed by atoms with E-state index >= 15 is 0 Å². The molecular formula is C14H22O8. The molecule has 22 heavy (non-hydrogen) atoms. The Balaban J connectivity index is 3.84. The molecule has 126 valence electrons. The van der Waals surface area contributed by atoms with Gasteiger partial charge in [-0.05, 0) is 26.7 Å². The van der Waals surface area contributed by atoms with Crippen LogP contribution in [0.5, 0.6) is 0 Å². The molecule has 0 spiro atoms. The van der Waals surface area contributed by atoms with Crippen molar-refractivity contribution in [3.8, 4) is 0 Å². The molecule has 0 radical (unpaired) electrons. The molecule has 0 aromatic heterocycles. The van der Waals surface area contributed by atoms with Gasteiger partial charge < -0.3 is 18.9 Å². The molecule has 8 nitrogen and oxygen atoms in total. The smallest absolute Gasteiger partial charge is 0.346 e. The standard InChI is InChI=1S/C14H22O8/c1-9(13(17)19-3)21-11(15)7-5-6-8-12(16)22-10(2)14(18)20-4/h9-10H,5-8H2,1-4H3. The van der Waals surface area contributed by atoms with Crippen molar-refractivity contribution in [1.82, 2.24) is 0 Å². The first kappa shape index (κ1) is 19.9. The Kier molecular flexibility index (Phi) is 9.56. The summed E-state index contributed by atoms with van der Waals surface area (Å²) in [6.45, 7) is 2.82. The molecule has 0 N–H and O–H groups in total. The van der Waals surface area contributed by atoms with Crippen molar-refractivity contribution in [2.45, 2.75) is 51.7 Å². The number of unbranched alkanes of at least 4 members (excludes halogenated alkanes) is 1. The van der Waals surface area contributed by atoms with Crippen LogP contribution in [-0.2, 0) is 38.1 Å². The van der Waals surface area contributed by atoms with Gasteiger partial charge in [-0.1, -0.05) is 0 Å². The molecule has 0 aliphatic rings. The third kappa shape index (κ3) is 8.23. The highest BCUT2D eigenvalue weighted by molar-refractivity contribution is 5.79. The largest absolute Gasteiger partial charge is 0.466 e. The van der Waals surface area contributed by atoms with Crippen LogP contribution < -0.4 is 0 Å². The number of methoxy groups -OCH3 is 2. The van der Waals surface area contributed by atoms with Crippen LogP contribution in [-0.4, -0.2) is 50.3 Å². The maximum atomic E-state index is 11.4. The van der Waals surface area contributed by atoms with Crippen LogP contribution in [0.1, 0.15) is 39.5 Å². The quantitative estimate of drug-likeness (QED) is 0.348. The summed E-state index contributed by atoms with van der Waals surface area (Å²) in [5.41, 5.74) is 0. The number of ether oxygens (including phenoxy) is 4. The summed E-state index contributed by atoms with van der Waals surface area (Å²) in [5.74, 6) is -2.36. The van der Waals surface area contributed by atoms with E-state index in [1.165, 1.54) is 28.1 Å². The molecule has 2 atom stereocenters. The second kappa shape index (κ2) is 10.6. The zero-order valence-corrected chi connectivity index (χ0v) is 13.2. The Morgan fingerprint density at radius 2 is 1.05 bits per heavy atom. The molecule has 2 unspecified atom stereocenters. The Hall–Kier alpha value is -2.12. The molecule has 0 fully saturated rings.